The van der Waals surface area contributed by atoms with Gasteiger partial charge in [0.25, 0.3) is 5.91 Å². The Bertz CT molecular complexity index is 513. The number of hydrogen-bond donors (Lipinski definition) is 2. The second kappa shape index (κ2) is 7.29. The molecule has 0 aromatic heterocycles. The number of hydrogen-bond acceptors (Lipinski definition) is 2. The molecule has 0 bridgehead atoms. The van der Waals surface area contributed by atoms with Crippen LogP contribution in [0.3, 0.4) is 0 Å². The van der Waals surface area contributed by atoms with Crippen molar-refractivity contribution >= 4 is 40.1 Å². The number of aliphatic hydroxyl groups is 1. The van der Waals surface area contributed by atoms with Gasteiger partial charge in [0, 0.05) is 15.7 Å². The summed E-state index contributed by atoms with van der Waals surface area (Å²) in [5, 5.41) is 14.0. The SMILES string of the molecule is CCC1CCC(O)(CNC(=O)c2ccc(I)c(Cl)c2)CC1. The lowest BCUT2D eigenvalue weighted by atomic mass is 9.78. The summed E-state index contributed by atoms with van der Waals surface area (Å²) in [5.74, 6) is 0.537. The predicted molar refractivity (Wildman–Crippen MR) is 93.7 cm³/mol. The van der Waals surface area contributed by atoms with Gasteiger partial charge in [0.2, 0.25) is 0 Å². The fourth-order valence-electron chi connectivity index (χ4n) is 2.78. The molecule has 0 atom stereocenters. The molecule has 0 unspecified atom stereocenters. The minimum atomic E-state index is -0.756. The van der Waals surface area contributed by atoms with E-state index in [0.29, 0.717) is 17.1 Å². The summed E-state index contributed by atoms with van der Waals surface area (Å²) in [7, 11) is 0. The fourth-order valence-corrected chi connectivity index (χ4v) is 3.30. The number of carbonyl (C=O) groups excluding carboxylic acids is 1. The van der Waals surface area contributed by atoms with Crippen molar-refractivity contribution < 1.29 is 9.90 Å². The van der Waals surface area contributed by atoms with Crippen LogP contribution in [0.25, 0.3) is 0 Å². The number of rotatable bonds is 4. The van der Waals surface area contributed by atoms with Crippen molar-refractivity contribution in [3.8, 4) is 0 Å². The van der Waals surface area contributed by atoms with E-state index in [1.807, 2.05) is 6.07 Å². The highest BCUT2D eigenvalue weighted by Gasteiger charge is 2.32. The van der Waals surface area contributed by atoms with Crippen LogP contribution in [0, 0.1) is 9.49 Å². The Balaban J connectivity index is 1.90. The molecule has 116 valence electrons. The third-order valence-electron chi connectivity index (χ3n) is 4.37. The molecule has 0 aliphatic heterocycles. The zero-order chi connectivity index (χ0) is 15.5. The van der Waals surface area contributed by atoms with E-state index in [0.717, 1.165) is 35.2 Å². The van der Waals surface area contributed by atoms with Crippen LogP contribution in [-0.2, 0) is 0 Å². The average Bonchev–Trinajstić information content (AvgIpc) is 2.48. The summed E-state index contributed by atoms with van der Waals surface area (Å²) >= 11 is 8.15. The van der Waals surface area contributed by atoms with Gasteiger partial charge < -0.3 is 10.4 Å². The summed E-state index contributed by atoms with van der Waals surface area (Å²) < 4.78 is 0.919. The standard InChI is InChI=1S/C16H21ClINO2/c1-2-11-5-7-16(21,8-6-11)10-19-15(20)12-3-4-14(18)13(17)9-12/h3-4,9,11,21H,2,5-8,10H2,1H3,(H,19,20). The minimum Gasteiger partial charge on any atom is -0.388 e. The van der Waals surface area contributed by atoms with Crippen molar-refractivity contribution in [1.29, 1.82) is 0 Å². The van der Waals surface area contributed by atoms with E-state index in [1.165, 1.54) is 6.42 Å². The molecule has 1 fully saturated rings. The number of halogens is 2. The van der Waals surface area contributed by atoms with Crippen molar-refractivity contribution in [2.24, 2.45) is 5.92 Å². The second-order valence-corrected chi connectivity index (χ2v) is 7.46. The molecular formula is C16H21ClINO2. The van der Waals surface area contributed by atoms with Crippen molar-refractivity contribution in [2.45, 2.75) is 44.6 Å². The summed E-state index contributed by atoms with van der Waals surface area (Å²) in [4.78, 5) is 12.1. The van der Waals surface area contributed by atoms with Gasteiger partial charge >= 0.3 is 0 Å². The van der Waals surface area contributed by atoms with E-state index < -0.39 is 5.60 Å². The summed E-state index contributed by atoms with van der Waals surface area (Å²) in [6, 6.07) is 5.23. The first-order valence-corrected chi connectivity index (χ1v) is 8.85. The maximum Gasteiger partial charge on any atom is 0.251 e. The number of nitrogens with one attached hydrogen (secondary N) is 1. The molecule has 21 heavy (non-hydrogen) atoms. The molecule has 1 aliphatic carbocycles. The average molecular weight is 422 g/mol. The van der Waals surface area contributed by atoms with E-state index in [-0.39, 0.29) is 5.91 Å². The smallest absolute Gasteiger partial charge is 0.251 e. The molecule has 1 aromatic carbocycles. The molecule has 0 spiro atoms. The van der Waals surface area contributed by atoms with Gasteiger partial charge in [-0.05, 0) is 72.4 Å². The topological polar surface area (TPSA) is 49.3 Å². The third kappa shape index (κ3) is 4.57. The van der Waals surface area contributed by atoms with Gasteiger partial charge in [0.1, 0.15) is 0 Å². The van der Waals surface area contributed by atoms with Gasteiger partial charge in [-0.3, -0.25) is 4.79 Å². The van der Waals surface area contributed by atoms with Crippen molar-refractivity contribution in [1.82, 2.24) is 5.32 Å². The first-order valence-electron chi connectivity index (χ1n) is 7.39. The Labute approximate surface area is 144 Å². The Morgan fingerprint density at radius 2 is 2.14 bits per heavy atom. The zero-order valence-corrected chi connectivity index (χ0v) is 15.1. The predicted octanol–water partition coefficient (Wildman–Crippen LogP) is 4.01. The summed E-state index contributed by atoms with van der Waals surface area (Å²) in [6.07, 6.45) is 4.78. The van der Waals surface area contributed by atoms with Crippen LogP contribution < -0.4 is 5.32 Å². The molecule has 1 amide bonds. The first kappa shape index (κ1) is 17.0. The van der Waals surface area contributed by atoms with Gasteiger partial charge in [-0.15, -0.1) is 0 Å². The molecule has 1 aliphatic rings. The van der Waals surface area contributed by atoms with Crippen LogP contribution in [-0.4, -0.2) is 23.2 Å². The second-order valence-electron chi connectivity index (χ2n) is 5.89. The Hall–Kier alpha value is -0.330. The van der Waals surface area contributed by atoms with E-state index in [1.54, 1.807) is 12.1 Å². The van der Waals surface area contributed by atoms with Crippen LogP contribution in [0.1, 0.15) is 49.4 Å². The van der Waals surface area contributed by atoms with Crippen LogP contribution in [0.15, 0.2) is 18.2 Å². The lowest BCUT2D eigenvalue weighted by Crippen LogP contribution is -2.45. The van der Waals surface area contributed by atoms with Crippen molar-refractivity contribution in [3.05, 3.63) is 32.4 Å². The molecule has 1 saturated carbocycles. The highest BCUT2D eigenvalue weighted by atomic mass is 127. The van der Waals surface area contributed by atoms with Gasteiger partial charge in [0.15, 0.2) is 0 Å². The van der Waals surface area contributed by atoms with Gasteiger partial charge in [-0.25, -0.2) is 0 Å². The van der Waals surface area contributed by atoms with Crippen LogP contribution in [0.4, 0.5) is 0 Å². The number of amides is 1. The van der Waals surface area contributed by atoms with Gasteiger partial charge in [0.05, 0.1) is 10.6 Å². The van der Waals surface area contributed by atoms with Crippen molar-refractivity contribution in [2.75, 3.05) is 6.54 Å². The third-order valence-corrected chi connectivity index (χ3v) is 5.95. The maximum absolute atomic E-state index is 12.1. The molecule has 3 nitrogen and oxygen atoms in total. The van der Waals surface area contributed by atoms with Gasteiger partial charge in [-0.1, -0.05) is 24.9 Å². The van der Waals surface area contributed by atoms with Crippen LogP contribution >= 0.6 is 34.2 Å². The molecule has 5 heteroatoms. The van der Waals surface area contributed by atoms with E-state index in [9.17, 15) is 9.90 Å². The summed E-state index contributed by atoms with van der Waals surface area (Å²) in [5.41, 5.74) is -0.222. The quantitative estimate of drug-likeness (QED) is 0.722. The molecule has 1 aromatic rings. The Morgan fingerprint density at radius 1 is 1.48 bits per heavy atom. The van der Waals surface area contributed by atoms with Gasteiger partial charge in [-0.2, -0.15) is 0 Å². The Morgan fingerprint density at radius 3 is 2.71 bits per heavy atom. The maximum atomic E-state index is 12.1. The monoisotopic (exact) mass is 421 g/mol. The molecule has 2 rings (SSSR count). The van der Waals surface area contributed by atoms with E-state index in [2.05, 4.69) is 34.8 Å². The largest absolute Gasteiger partial charge is 0.388 e. The zero-order valence-electron chi connectivity index (χ0n) is 12.2. The van der Waals surface area contributed by atoms with Crippen LogP contribution in [0.5, 0.6) is 0 Å². The molecule has 2 N–H and O–H groups in total. The first-order chi connectivity index (χ1) is 9.93. The normalized spacial score (nSPS) is 25.6. The lowest BCUT2D eigenvalue weighted by molar-refractivity contribution is -0.00786. The summed E-state index contributed by atoms with van der Waals surface area (Å²) in [6.45, 7) is 2.50. The lowest BCUT2D eigenvalue weighted by Gasteiger charge is -2.35. The highest BCUT2D eigenvalue weighted by molar-refractivity contribution is 14.1. The fraction of sp³-hybridized carbons (Fsp3) is 0.562. The van der Waals surface area contributed by atoms with Crippen molar-refractivity contribution in [3.63, 3.8) is 0 Å². The highest BCUT2D eigenvalue weighted by Crippen LogP contribution is 2.33. The minimum absolute atomic E-state index is 0.181. The molecule has 0 saturated heterocycles. The molecular weight excluding hydrogens is 401 g/mol. The number of benzene rings is 1. The molecule has 0 heterocycles. The Kier molecular flexibility index (Phi) is 5.91. The van der Waals surface area contributed by atoms with E-state index >= 15 is 0 Å². The van der Waals surface area contributed by atoms with Crippen LogP contribution in [0.2, 0.25) is 5.02 Å². The number of carbonyl (C=O) groups is 1. The molecule has 0 radical (unpaired) electrons. The van der Waals surface area contributed by atoms with E-state index in [4.69, 9.17) is 11.6 Å².